The first-order valence-electron chi connectivity index (χ1n) is 7.32. The van der Waals surface area contributed by atoms with Crippen LogP contribution >= 0.6 is 0 Å². The van der Waals surface area contributed by atoms with E-state index in [1.165, 1.54) is 0 Å². The second-order valence-electron chi connectivity index (χ2n) is 7.36. The van der Waals surface area contributed by atoms with Gasteiger partial charge in [-0.2, -0.15) is 11.3 Å². The van der Waals surface area contributed by atoms with Gasteiger partial charge in [0.05, 0.1) is 0 Å². The van der Waals surface area contributed by atoms with Crippen LogP contribution in [0.5, 0.6) is 0 Å². The summed E-state index contributed by atoms with van der Waals surface area (Å²) in [5.74, 6) is 0. The summed E-state index contributed by atoms with van der Waals surface area (Å²) in [5.41, 5.74) is -0.0637. The normalized spacial score (nSPS) is 13.0. The summed E-state index contributed by atoms with van der Waals surface area (Å²) < 4.78 is 7.99. The van der Waals surface area contributed by atoms with Crippen LogP contribution in [0.3, 0.4) is 0 Å². The minimum atomic E-state index is -0.149. The second kappa shape index (κ2) is 10.8. The van der Waals surface area contributed by atoms with E-state index in [0.29, 0.717) is 0 Å². The fraction of sp³-hybridized carbons (Fsp3) is 1.00. The maximum absolute atomic E-state index is 8.22. The molecule has 0 heterocycles. The SMILES string of the molecule is CCCN(CC(C)(C)[S-])CC(C)(C)[N-]CC(C)(C)[S-].[O]=[Tc+3]. The van der Waals surface area contributed by atoms with Crippen molar-refractivity contribution in [1.29, 1.82) is 0 Å². The molecular formula is C15H31N2OS2Tc. The van der Waals surface area contributed by atoms with Crippen LogP contribution in [0, 0.1) is 0 Å². The summed E-state index contributed by atoms with van der Waals surface area (Å²) >= 11 is 11.8. The summed E-state index contributed by atoms with van der Waals surface area (Å²) in [5, 5.41) is 4.80. The minimum absolute atomic E-state index is 0.0637. The fourth-order valence-electron chi connectivity index (χ4n) is 2.07. The second-order valence-corrected chi connectivity index (χ2v) is 9.57. The van der Waals surface area contributed by atoms with Crippen molar-refractivity contribution >= 4 is 25.3 Å². The number of nitrogens with zero attached hydrogens (tertiary/aromatic N) is 2. The van der Waals surface area contributed by atoms with E-state index in [1.54, 1.807) is 0 Å². The third-order valence-electron chi connectivity index (χ3n) is 2.64. The van der Waals surface area contributed by atoms with Gasteiger partial charge in [0.2, 0.25) is 0 Å². The molecule has 0 saturated carbocycles. The van der Waals surface area contributed by atoms with Gasteiger partial charge in [0, 0.05) is 0 Å². The summed E-state index contributed by atoms with van der Waals surface area (Å²) in [6, 6.07) is 0. The summed E-state index contributed by atoms with van der Waals surface area (Å²) in [7, 11) is 0. The van der Waals surface area contributed by atoms with Crippen molar-refractivity contribution in [3.63, 3.8) is 0 Å². The van der Waals surface area contributed by atoms with Crippen LogP contribution in [0.4, 0.5) is 0 Å². The molecule has 0 N–H and O–H groups in total. The molecule has 0 fully saturated rings. The van der Waals surface area contributed by atoms with Crippen molar-refractivity contribution in [2.75, 3.05) is 26.2 Å². The van der Waals surface area contributed by atoms with E-state index in [9.17, 15) is 0 Å². The molecule has 6 heteroatoms. The molecule has 0 aromatic carbocycles. The van der Waals surface area contributed by atoms with E-state index in [-0.39, 0.29) is 15.0 Å². The molecule has 0 saturated heterocycles. The Kier molecular flexibility index (Phi) is 12.5. The predicted octanol–water partition coefficient (Wildman–Crippen LogP) is 3.38. The predicted molar refractivity (Wildman–Crippen MR) is 92.6 cm³/mol. The molecule has 0 amide bonds. The molecule has 0 aromatic rings. The van der Waals surface area contributed by atoms with E-state index in [2.05, 4.69) is 53.4 Å². The molecule has 21 heavy (non-hydrogen) atoms. The topological polar surface area (TPSA) is 34.4 Å². The van der Waals surface area contributed by atoms with Gasteiger partial charge in [-0.15, -0.1) is 10.3 Å². The first-order valence-corrected chi connectivity index (χ1v) is 8.89. The Labute approximate surface area is 153 Å². The standard InChI is InChI=1S/C15H33N2S2.O.Tc/c1-8-9-17(12-15(6,7)19)11-13(2,3)16-10-14(4,5)18;;/h18-19H,8-12H2,1-7H3;;/q-1;;+3/p-2. The fourth-order valence-corrected chi connectivity index (χ4v) is 2.32. The van der Waals surface area contributed by atoms with E-state index >= 15 is 0 Å². The zero-order chi connectivity index (χ0) is 17.3. The van der Waals surface area contributed by atoms with Crippen LogP contribution < -0.4 is 0 Å². The third kappa shape index (κ3) is 17.3. The van der Waals surface area contributed by atoms with Crippen LogP contribution in [0.2, 0.25) is 0 Å². The van der Waals surface area contributed by atoms with Crippen molar-refractivity contribution < 1.29 is 22.4 Å². The molecule has 0 radical (unpaired) electrons. The molecular weight excluding hydrogens is 386 g/mol. The molecule has 0 rings (SSSR count). The molecule has 126 valence electrons. The molecule has 0 spiro atoms. The summed E-state index contributed by atoms with van der Waals surface area (Å²) in [4.78, 5) is 2.44. The van der Waals surface area contributed by atoms with Crippen molar-refractivity contribution in [1.82, 2.24) is 4.90 Å². The van der Waals surface area contributed by atoms with E-state index < -0.39 is 0 Å². The quantitative estimate of drug-likeness (QED) is 0.539. The van der Waals surface area contributed by atoms with Gasteiger partial charge in [-0.1, -0.05) is 48.5 Å². The Morgan fingerprint density at radius 1 is 0.952 bits per heavy atom. The number of hydrogen-bond donors (Lipinski definition) is 0. The van der Waals surface area contributed by atoms with Gasteiger partial charge in [0.25, 0.3) is 0 Å². The van der Waals surface area contributed by atoms with Gasteiger partial charge in [0.15, 0.2) is 0 Å². The van der Waals surface area contributed by atoms with Crippen molar-refractivity contribution in [2.24, 2.45) is 0 Å². The number of rotatable bonds is 9. The van der Waals surface area contributed by atoms with Crippen LogP contribution in [-0.4, -0.2) is 46.1 Å². The Morgan fingerprint density at radius 3 is 1.76 bits per heavy atom. The molecule has 0 aliphatic carbocycles. The van der Waals surface area contributed by atoms with Crippen LogP contribution in [0.15, 0.2) is 0 Å². The monoisotopic (exact) mass is 416 g/mol. The third-order valence-corrected chi connectivity index (χ3v) is 2.90. The molecule has 3 nitrogen and oxygen atoms in total. The zero-order valence-electron chi connectivity index (χ0n) is 14.5. The summed E-state index contributed by atoms with van der Waals surface area (Å²) in [6.07, 6.45) is 1.15. The van der Waals surface area contributed by atoms with Gasteiger partial charge in [0.1, 0.15) is 0 Å². The van der Waals surface area contributed by atoms with Gasteiger partial charge in [-0.05, 0) is 26.1 Å². The van der Waals surface area contributed by atoms with Crippen LogP contribution in [0.25, 0.3) is 5.32 Å². The average molecular weight is 418 g/mol. The Morgan fingerprint density at radius 2 is 1.43 bits per heavy atom. The zero-order valence-corrected chi connectivity index (χ0v) is 18.0. The first-order chi connectivity index (χ1) is 9.35. The van der Waals surface area contributed by atoms with E-state index in [1.807, 2.05) is 0 Å². The van der Waals surface area contributed by atoms with Gasteiger partial charge in [-0.3, -0.25) is 0 Å². The Bertz CT molecular complexity index is 276. The van der Waals surface area contributed by atoms with Crippen LogP contribution in [-0.2, 0) is 47.6 Å². The molecule has 0 aliphatic heterocycles. The molecule has 0 unspecified atom stereocenters. The van der Waals surface area contributed by atoms with Crippen LogP contribution in [0.1, 0.15) is 54.9 Å². The molecule has 0 bridgehead atoms. The maximum atomic E-state index is 8.22. The van der Waals surface area contributed by atoms with Gasteiger partial charge >= 0.3 is 22.4 Å². The van der Waals surface area contributed by atoms with Gasteiger partial charge < -0.3 is 35.5 Å². The first kappa shape index (κ1) is 24.3. The van der Waals surface area contributed by atoms with Crippen molar-refractivity contribution in [3.05, 3.63) is 5.32 Å². The van der Waals surface area contributed by atoms with Crippen molar-refractivity contribution in [3.8, 4) is 0 Å². The van der Waals surface area contributed by atoms with Gasteiger partial charge in [-0.25, -0.2) is 0 Å². The van der Waals surface area contributed by atoms with Crippen molar-refractivity contribution in [2.45, 2.75) is 69.9 Å². The number of hydrogen-bond acceptors (Lipinski definition) is 4. The average Bonchev–Trinajstić information content (AvgIpc) is 2.26. The Hall–Kier alpha value is 1.07. The molecule has 0 atom stereocenters. The Balaban J connectivity index is 0. The van der Waals surface area contributed by atoms with E-state index in [0.717, 1.165) is 51.5 Å². The van der Waals surface area contributed by atoms with E-state index in [4.69, 9.17) is 34.1 Å². The molecule has 0 aliphatic rings. The summed E-state index contributed by atoms with van der Waals surface area (Å²) in [6.45, 7) is 18.6. The molecule has 0 aromatic heterocycles.